The summed E-state index contributed by atoms with van der Waals surface area (Å²) >= 11 is 0. The van der Waals surface area contributed by atoms with Crippen LogP contribution in [0.3, 0.4) is 0 Å². The largest absolute Gasteiger partial charge is 0.336 e. The standard InChI is InChI=1S/C22H26N4O2/c27-21-7-3-4-15-12-16(8-9-18(15)24-21)22(28)25-11-10-17(13-25)26-14-23-19-5-1-2-6-20(19)26/h8-9,12,14,17H,1-7,10-11,13H2,(H,24,27). The van der Waals surface area contributed by atoms with Gasteiger partial charge in [0.05, 0.1) is 18.1 Å². The van der Waals surface area contributed by atoms with Crippen molar-refractivity contribution in [3.8, 4) is 0 Å². The van der Waals surface area contributed by atoms with Gasteiger partial charge in [-0.05, 0) is 68.7 Å². The first-order valence-electron chi connectivity index (χ1n) is 10.5. The van der Waals surface area contributed by atoms with Crippen LogP contribution < -0.4 is 5.32 Å². The second-order valence-electron chi connectivity index (χ2n) is 8.22. The summed E-state index contributed by atoms with van der Waals surface area (Å²) < 4.78 is 2.33. The van der Waals surface area contributed by atoms with Gasteiger partial charge < -0.3 is 14.8 Å². The molecule has 1 atom stereocenters. The van der Waals surface area contributed by atoms with Crippen LogP contribution in [-0.2, 0) is 24.1 Å². The van der Waals surface area contributed by atoms with E-state index in [0.29, 0.717) is 12.5 Å². The van der Waals surface area contributed by atoms with Crippen LogP contribution in [0.5, 0.6) is 0 Å². The van der Waals surface area contributed by atoms with Crippen LogP contribution >= 0.6 is 0 Å². The number of anilines is 1. The Kier molecular flexibility index (Phi) is 4.41. The highest BCUT2D eigenvalue weighted by Gasteiger charge is 2.30. The molecule has 0 spiro atoms. The molecule has 1 N–H and O–H groups in total. The van der Waals surface area contributed by atoms with E-state index in [1.54, 1.807) is 0 Å². The maximum Gasteiger partial charge on any atom is 0.253 e. The molecular formula is C22H26N4O2. The van der Waals surface area contributed by atoms with E-state index in [2.05, 4.69) is 14.9 Å². The molecule has 146 valence electrons. The number of aromatic nitrogens is 2. The molecule has 6 nitrogen and oxygen atoms in total. The van der Waals surface area contributed by atoms with Crippen LogP contribution in [0.2, 0.25) is 0 Å². The molecule has 1 aromatic heterocycles. The van der Waals surface area contributed by atoms with Crippen molar-refractivity contribution in [2.24, 2.45) is 0 Å². The number of likely N-dealkylation sites (tertiary alicyclic amines) is 1. The van der Waals surface area contributed by atoms with Gasteiger partial charge in [-0.1, -0.05) is 0 Å². The highest BCUT2D eigenvalue weighted by Crippen LogP contribution is 2.30. The van der Waals surface area contributed by atoms with Crippen molar-refractivity contribution >= 4 is 17.5 Å². The summed E-state index contributed by atoms with van der Waals surface area (Å²) in [6.45, 7) is 1.53. The Hall–Kier alpha value is -2.63. The van der Waals surface area contributed by atoms with Crippen LogP contribution in [0.15, 0.2) is 24.5 Å². The molecule has 2 amide bonds. The summed E-state index contributed by atoms with van der Waals surface area (Å²) in [6.07, 6.45) is 9.83. The van der Waals surface area contributed by atoms with E-state index < -0.39 is 0 Å². The average Bonchev–Trinajstić information content (AvgIpc) is 3.31. The molecule has 5 rings (SSSR count). The van der Waals surface area contributed by atoms with Crippen molar-refractivity contribution in [3.63, 3.8) is 0 Å². The third-order valence-corrected chi connectivity index (χ3v) is 6.38. The fourth-order valence-electron chi connectivity index (χ4n) is 4.85. The highest BCUT2D eigenvalue weighted by molar-refractivity contribution is 5.97. The van der Waals surface area contributed by atoms with Crippen LogP contribution in [0.25, 0.3) is 0 Å². The molecule has 1 aromatic carbocycles. The predicted molar refractivity (Wildman–Crippen MR) is 106 cm³/mol. The molecule has 3 heterocycles. The number of nitrogens with zero attached hydrogens (tertiary/aromatic N) is 3. The van der Waals surface area contributed by atoms with Gasteiger partial charge >= 0.3 is 0 Å². The molecule has 0 saturated carbocycles. The summed E-state index contributed by atoms with van der Waals surface area (Å²) in [4.78, 5) is 31.4. The zero-order chi connectivity index (χ0) is 19.1. The number of carbonyl (C=O) groups is 2. The van der Waals surface area contributed by atoms with Crippen molar-refractivity contribution in [2.75, 3.05) is 18.4 Å². The van der Waals surface area contributed by atoms with Gasteiger partial charge in [0, 0.05) is 36.5 Å². The minimum atomic E-state index is 0.0591. The third-order valence-electron chi connectivity index (χ3n) is 6.38. The van der Waals surface area contributed by atoms with Gasteiger partial charge in [0.15, 0.2) is 0 Å². The van der Waals surface area contributed by atoms with E-state index in [-0.39, 0.29) is 11.8 Å². The Morgan fingerprint density at radius 2 is 2.00 bits per heavy atom. The molecule has 2 aliphatic heterocycles. The lowest BCUT2D eigenvalue weighted by Gasteiger charge is -2.20. The Morgan fingerprint density at radius 3 is 2.93 bits per heavy atom. The molecule has 1 saturated heterocycles. The Balaban J connectivity index is 1.32. The van der Waals surface area contributed by atoms with Crippen molar-refractivity contribution in [3.05, 3.63) is 47.0 Å². The number of hydrogen-bond donors (Lipinski definition) is 1. The molecule has 2 aromatic rings. The smallest absolute Gasteiger partial charge is 0.253 e. The second-order valence-corrected chi connectivity index (χ2v) is 8.22. The number of hydrogen-bond acceptors (Lipinski definition) is 3. The number of benzene rings is 1. The summed E-state index contributed by atoms with van der Waals surface area (Å²) in [5, 5.41) is 2.94. The number of carbonyl (C=O) groups excluding carboxylic acids is 2. The van der Waals surface area contributed by atoms with Gasteiger partial charge in [-0.15, -0.1) is 0 Å². The lowest BCUT2D eigenvalue weighted by Crippen LogP contribution is -2.29. The number of nitrogens with one attached hydrogen (secondary N) is 1. The number of fused-ring (bicyclic) bond motifs is 2. The van der Waals surface area contributed by atoms with Crippen LogP contribution in [-0.4, -0.2) is 39.4 Å². The molecule has 1 aliphatic carbocycles. The van der Waals surface area contributed by atoms with E-state index in [9.17, 15) is 9.59 Å². The topological polar surface area (TPSA) is 67.2 Å². The Morgan fingerprint density at radius 1 is 1.11 bits per heavy atom. The normalized spacial score (nSPS) is 21.6. The predicted octanol–water partition coefficient (Wildman–Crippen LogP) is 3.12. The SMILES string of the molecule is O=C1CCCc2cc(C(=O)N3CCC(n4cnc5c4CCCC5)C3)ccc2N1. The maximum absolute atomic E-state index is 13.1. The maximum atomic E-state index is 13.1. The molecule has 28 heavy (non-hydrogen) atoms. The average molecular weight is 378 g/mol. The van der Waals surface area contributed by atoms with E-state index >= 15 is 0 Å². The third kappa shape index (κ3) is 3.11. The number of aryl methyl sites for hydroxylation is 2. The van der Waals surface area contributed by atoms with Crippen molar-refractivity contribution in [1.29, 1.82) is 0 Å². The van der Waals surface area contributed by atoms with Crippen LogP contribution in [0, 0.1) is 0 Å². The first kappa shape index (κ1) is 17.5. The summed E-state index contributed by atoms with van der Waals surface area (Å²) in [7, 11) is 0. The monoisotopic (exact) mass is 378 g/mol. The number of imidazole rings is 1. The Bertz CT molecular complexity index is 933. The summed E-state index contributed by atoms with van der Waals surface area (Å²) in [6, 6.07) is 6.03. The lowest BCUT2D eigenvalue weighted by molar-refractivity contribution is -0.116. The van der Waals surface area contributed by atoms with E-state index in [1.165, 1.54) is 24.2 Å². The fraction of sp³-hybridized carbons (Fsp3) is 0.500. The highest BCUT2D eigenvalue weighted by atomic mass is 16.2. The van der Waals surface area contributed by atoms with Gasteiger partial charge in [-0.2, -0.15) is 0 Å². The Labute approximate surface area is 164 Å². The van der Waals surface area contributed by atoms with Crippen LogP contribution in [0.4, 0.5) is 5.69 Å². The van der Waals surface area contributed by atoms with Crippen LogP contribution in [0.1, 0.15) is 65.5 Å². The lowest BCUT2D eigenvalue weighted by atomic mass is 10.0. The fourth-order valence-corrected chi connectivity index (χ4v) is 4.85. The number of rotatable bonds is 2. The second kappa shape index (κ2) is 7.08. The summed E-state index contributed by atoms with van der Waals surface area (Å²) in [5.41, 5.74) is 5.28. The number of amides is 2. The zero-order valence-corrected chi connectivity index (χ0v) is 16.1. The van der Waals surface area contributed by atoms with Gasteiger partial charge in [-0.25, -0.2) is 4.98 Å². The molecular weight excluding hydrogens is 352 g/mol. The molecule has 0 bridgehead atoms. The molecule has 1 unspecified atom stereocenters. The zero-order valence-electron chi connectivity index (χ0n) is 16.1. The molecule has 3 aliphatic rings. The van der Waals surface area contributed by atoms with Crippen molar-refractivity contribution < 1.29 is 9.59 Å². The molecule has 6 heteroatoms. The quantitative estimate of drug-likeness (QED) is 0.873. The van der Waals surface area contributed by atoms with Crippen molar-refractivity contribution in [2.45, 2.75) is 57.4 Å². The first-order valence-corrected chi connectivity index (χ1v) is 10.5. The minimum Gasteiger partial charge on any atom is -0.336 e. The minimum absolute atomic E-state index is 0.0591. The van der Waals surface area contributed by atoms with Crippen molar-refractivity contribution in [1.82, 2.24) is 14.5 Å². The molecule has 0 radical (unpaired) electrons. The van der Waals surface area contributed by atoms with Gasteiger partial charge in [0.2, 0.25) is 5.91 Å². The first-order chi connectivity index (χ1) is 13.7. The van der Waals surface area contributed by atoms with Gasteiger partial charge in [0.25, 0.3) is 5.91 Å². The van der Waals surface area contributed by atoms with E-state index in [4.69, 9.17) is 0 Å². The summed E-state index contributed by atoms with van der Waals surface area (Å²) in [5.74, 6) is 0.152. The van der Waals surface area contributed by atoms with E-state index in [1.807, 2.05) is 29.4 Å². The van der Waals surface area contributed by atoms with Gasteiger partial charge in [0.1, 0.15) is 0 Å². The van der Waals surface area contributed by atoms with E-state index in [0.717, 1.165) is 62.0 Å². The van der Waals surface area contributed by atoms with Gasteiger partial charge in [-0.3, -0.25) is 9.59 Å². The molecule has 1 fully saturated rings.